The third-order valence-corrected chi connectivity index (χ3v) is 14.6. The zero-order chi connectivity index (χ0) is 25.3. The monoisotopic (exact) mass is 480 g/mol. The van der Waals surface area contributed by atoms with Gasteiger partial charge in [0.15, 0.2) is 0 Å². The molecule has 2 heteroatoms. The molecule has 0 spiro atoms. The molecule has 190 valence electrons. The molecular weight excluding hydrogens is 428 g/mol. The first kappa shape index (κ1) is 28.7. The minimum absolute atomic E-state index is 0.586. The lowest BCUT2D eigenvalue weighted by atomic mass is 10.00. The molecule has 0 radical (unpaired) electrons. The Labute approximate surface area is 212 Å². The van der Waals surface area contributed by atoms with Crippen molar-refractivity contribution in [3.8, 4) is 5.75 Å². The zero-order valence-corrected chi connectivity index (χ0v) is 24.7. The van der Waals surface area contributed by atoms with E-state index in [1.807, 2.05) is 6.08 Å². The maximum atomic E-state index is 6.61. The number of allylic oxidation sites excluding steroid dienone is 4. The molecule has 0 bridgehead atoms. The lowest BCUT2D eigenvalue weighted by molar-refractivity contribution is 0.361. The fourth-order valence-electron chi connectivity index (χ4n) is 6.28. The molecular formula is C32H52OSi. The number of benzene rings is 1. The highest BCUT2D eigenvalue weighted by Gasteiger charge is 2.46. The van der Waals surface area contributed by atoms with Gasteiger partial charge in [-0.2, -0.15) is 0 Å². The van der Waals surface area contributed by atoms with E-state index >= 15 is 0 Å². The van der Waals surface area contributed by atoms with Crippen LogP contribution in [0.25, 0.3) is 0 Å². The Morgan fingerprint density at radius 3 is 1.88 bits per heavy atom. The van der Waals surface area contributed by atoms with Gasteiger partial charge in [0, 0.05) is 5.54 Å². The van der Waals surface area contributed by atoms with E-state index in [0.717, 1.165) is 6.42 Å². The second kappa shape index (κ2) is 13.5. The van der Waals surface area contributed by atoms with Crippen LogP contribution in [0.3, 0.4) is 0 Å². The van der Waals surface area contributed by atoms with Crippen LogP contribution >= 0.6 is 0 Å². The minimum atomic E-state index is -1.92. The molecule has 0 amide bonds. The average molecular weight is 481 g/mol. The van der Waals surface area contributed by atoms with Gasteiger partial charge in [-0.15, -0.1) is 0 Å². The summed E-state index contributed by atoms with van der Waals surface area (Å²) in [5.74, 6) is 1.22. The average Bonchev–Trinajstić information content (AvgIpc) is 3.03. The van der Waals surface area contributed by atoms with Crippen LogP contribution in [0.5, 0.6) is 5.75 Å². The van der Waals surface area contributed by atoms with Crippen molar-refractivity contribution >= 4 is 13.3 Å². The first-order valence-electron chi connectivity index (χ1n) is 14.1. The second-order valence-electron chi connectivity index (χ2n) is 10.6. The highest BCUT2D eigenvalue weighted by atomic mass is 28.3. The van der Waals surface area contributed by atoms with E-state index in [2.05, 4.69) is 74.1 Å². The zero-order valence-electron chi connectivity index (χ0n) is 23.7. The molecule has 1 aliphatic carbocycles. The highest BCUT2D eigenvalue weighted by molar-refractivity contribution is 6.94. The molecule has 0 aliphatic heterocycles. The molecule has 0 aromatic heterocycles. The molecule has 1 nitrogen and oxygen atoms in total. The standard InChI is InChI=1S/C32H52OSi/c1-10-15-17-19-28-22-29(20-18-16-11-2)31(33-21-12-3)30(23-28)34(13-4,14-5)32-26(8)24(6)25(7)27(32)9/h12,22-23,32H,3,10-11,13-21H2,1-2,4-9H3. The number of hydrogen-bond acceptors (Lipinski definition) is 1. The first-order valence-corrected chi connectivity index (χ1v) is 16.6. The van der Waals surface area contributed by atoms with Crippen LogP contribution < -0.4 is 9.92 Å². The van der Waals surface area contributed by atoms with Crippen molar-refractivity contribution in [1.82, 2.24) is 0 Å². The Morgan fingerprint density at radius 2 is 1.38 bits per heavy atom. The van der Waals surface area contributed by atoms with Gasteiger partial charge in [0.1, 0.15) is 20.4 Å². The fourth-order valence-corrected chi connectivity index (χ4v) is 11.9. The number of unbranched alkanes of at least 4 members (excludes halogenated alkanes) is 4. The molecule has 0 atom stereocenters. The van der Waals surface area contributed by atoms with E-state index in [1.165, 1.54) is 85.1 Å². The van der Waals surface area contributed by atoms with E-state index in [1.54, 1.807) is 16.3 Å². The molecule has 0 saturated carbocycles. The summed E-state index contributed by atoms with van der Waals surface area (Å²) in [5, 5.41) is 1.59. The van der Waals surface area contributed by atoms with Gasteiger partial charge in [-0.3, -0.25) is 0 Å². The summed E-state index contributed by atoms with van der Waals surface area (Å²) < 4.78 is 6.61. The van der Waals surface area contributed by atoms with Gasteiger partial charge in [-0.05, 0) is 80.8 Å². The van der Waals surface area contributed by atoms with Crippen molar-refractivity contribution < 1.29 is 4.74 Å². The number of ether oxygens (including phenoxy) is 1. The summed E-state index contributed by atoms with van der Waals surface area (Å²) in [4.78, 5) is 0. The Bertz CT molecular complexity index is 861. The number of rotatable bonds is 15. The van der Waals surface area contributed by atoms with Gasteiger partial charge in [0.25, 0.3) is 0 Å². The largest absolute Gasteiger partial charge is 0.489 e. The molecule has 0 heterocycles. The summed E-state index contributed by atoms with van der Waals surface area (Å²) in [6, 6.07) is 7.59. The number of aryl methyl sites for hydroxylation is 2. The van der Waals surface area contributed by atoms with Gasteiger partial charge < -0.3 is 4.74 Å². The molecule has 0 fully saturated rings. The van der Waals surface area contributed by atoms with Crippen molar-refractivity contribution in [2.75, 3.05) is 6.61 Å². The van der Waals surface area contributed by atoms with Crippen molar-refractivity contribution in [1.29, 1.82) is 0 Å². The highest BCUT2D eigenvalue weighted by Crippen LogP contribution is 2.50. The van der Waals surface area contributed by atoms with Gasteiger partial charge in [-0.25, -0.2) is 0 Å². The van der Waals surface area contributed by atoms with Gasteiger partial charge in [0.2, 0.25) is 0 Å². The smallest absolute Gasteiger partial charge is 0.122 e. The van der Waals surface area contributed by atoms with E-state index < -0.39 is 8.07 Å². The molecule has 1 aromatic rings. The Hall–Kier alpha value is -1.54. The fraction of sp³-hybridized carbons (Fsp3) is 0.625. The van der Waals surface area contributed by atoms with E-state index in [4.69, 9.17) is 4.74 Å². The molecule has 34 heavy (non-hydrogen) atoms. The Balaban J connectivity index is 2.77. The molecule has 0 saturated heterocycles. The molecule has 1 aromatic carbocycles. The van der Waals surface area contributed by atoms with E-state index in [0.29, 0.717) is 12.1 Å². The van der Waals surface area contributed by atoms with Gasteiger partial charge in [0.05, 0.1) is 0 Å². The quantitative estimate of drug-likeness (QED) is 0.138. The third kappa shape index (κ3) is 5.98. The van der Waals surface area contributed by atoms with E-state index in [9.17, 15) is 0 Å². The van der Waals surface area contributed by atoms with Crippen LogP contribution in [0.2, 0.25) is 17.6 Å². The predicted molar refractivity (Wildman–Crippen MR) is 155 cm³/mol. The third-order valence-electron chi connectivity index (χ3n) is 8.65. The van der Waals surface area contributed by atoms with Crippen LogP contribution in [-0.4, -0.2) is 14.7 Å². The lowest BCUT2D eigenvalue weighted by Crippen LogP contribution is -2.52. The van der Waals surface area contributed by atoms with Crippen LogP contribution in [0.1, 0.15) is 105 Å². The van der Waals surface area contributed by atoms with Crippen LogP contribution in [-0.2, 0) is 12.8 Å². The lowest BCUT2D eigenvalue weighted by Gasteiger charge is -2.40. The summed E-state index contributed by atoms with van der Waals surface area (Å²) in [7, 11) is -1.92. The summed E-state index contributed by atoms with van der Waals surface area (Å²) in [6.45, 7) is 23.6. The normalized spacial score (nSPS) is 14.9. The van der Waals surface area contributed by atoms with Crippen molar-refractivity contribution in [3.63, 3.8) is 0 Å². The SMILES string of the molecule is C=CCOc1c(CCCCC)cc(CCCCC)cc1[Si](CC)(CC)C1C(C)=C(C)C(C)=C1C. The van der Waals surface area contributed by atoms with Gasteiger partial charge >= 0.3 is 0 Å². The Kier molecular flexibility index (Phi) is 11.4. The number of hydrogen-bond donors (Lipinski definition) is 0. The maximum Gasteiger partial charge on any atom is 0.122 e. The summed E-state index contributed by atoms with van der Waals surface area (Å²) in [6.07, 6.45) is 11.9. The van der Waals surface area contributed by atoms with Crippen LogP contribution in [0.4, 0.5) is 0 Å². The van der Waals surface area contributed by atoms with Gasteiger partial charge in [-0.1, -0.05) is 101 Å². The van der Waals surface area contributed by atoms with Crippen molar-refractivity contribution in [3.05, 3.63) is 58.2 Å². The molecule has 2 rings (SSSR count). The maximum absolute atomic E-state index is 6.61. The molecule has 1 aliphatic rings. The summed E-state index contributed by atoms with van der Waals surface area (Å²) in [5.41, 5.74) is 9.85. The second-order valence-corrected chi connectivity index (χ2v) is 15.4. The van der Waals surface area contributed by atoms with E-state index in [-0.39, 0.29) is 0 Å². The molecule has 0 N–H and O–H groups in total. The van der Waals surface area contributed by atoms with Crippen LogP contribution in [0.15, 0.2) is 47.1 Å². The van der Waals surface area contributed by atoms with Crippen LogP contribution in [0, 0.1) is 0 Å². The predicted octanol–water partition coefficient (Wildman–Crippen LogP) is 9.47. The van der Waals surface area contributed by atoms with Crippen molar-refractivity contribution in [2.45, 2.75) is 124 Å². The molecule has 0 unspecified atom stereocenters. The summed E-state index contributed by atoms with van der Waals surface area (Å²) >= 11 is 0. The Morgan fingerprint density at radius 1 is 0.824 bits per heavy atom. The topological polar surface area (TPSA) is 9.23 Å². The first-order chi connectivity index (χ1) is 16.3. The minimum Gasteiger partial charge on any atom is -0.489 e. The van der Waals surface area contributed by atoms with Crippen molar-refractivity contribution in [2.24, 2.45) is 0 Å².